The first-order chi connectivity index (χ1) is 7.83. The lowest BCUT2D eigenvalue weighted by molar-refractivity contribution is -0.274. The predicted molar refractivity (Wildman–Crippen MR) is 54.1 cm³/mol. The summed E-state index contributed by atoms with van der Waals surface area (Å²) in [6.07, 6.45) is -4.86. The van der Waals surface area contributed by atoms with Gasteiger partial charge in [-0.2, -0.15) is 0 Å². The van der Waals surface area contributed by atoms with Gasteiger partial charge in [0, 0.05) is 0 Å². The monoisotopic (exact) mass is 268 g/mol. The number of esters is 1. The highest BCUT2D eigenvalue weighted by molar-refractivity contribution is 6.32. The lowest BCUT2D eigenvalue weighted by Gasteiger charge is -2.11. The molecule has 94 valence electrons. The molecule has 0 saturated heterocycles. The smallest absolute Gasteiger partial charge is 0.462 e. The van der Waals surface area contributed by atoms with Crippen molar-refractivity contribution in [1.82, 2.24) is 0 Å². The minimum Gasteiger partial charge on any atom is -0.462 e. The van der Waals surface area contributed by atoms with E-state index in [9.17, 15) is 18.0 Å². The fraction of sp³-hybridized carbons (Fsp3) is 0.300. The fourth-order valence-electron chi connectivity index (χ4n) is 1.05. The SMILES string of the molecule is CCOC(=O)c1ccc(Cl)c(OC(F)(F)F)c1. The van der Waals surface area contributed by atoms with E-state index in [4.69, 9.17) is 11.6 Å². The van der Waals surface area contributed by atoms with Crippen LogP contribution in [0.3, 0.4) is 0 Å². The highest BCUT2D eigenvalue weighted by Crippen LogP contribution is 2.31. The van der Waals surface area contributed by atoms with E-state index < -0.39 is 18.1 Å². The molecule has 0 N–H and O–H groups in total. The quantitative estimate of drug-likeness (QED) is 0.788. The normalized spacial score (nSPS) is 11.1. The third kappa shape index (κ3) is 4.14. The van der Waals surface area contributed by atoms with Crippen molar-refractivity contribution in [2.24, 2.45) is 0 Å². The molecule has 7 heteroatoms. The van der Waals surface area contributed by atoms with Crippen LogP contribution >= 0.6 is 11.6 Å². The van der Waals surface area contributed by atoms with E-state index in [1.807, 2.05) is 0 Å². The van der Waals surface area contributed by atoms with Gasteiger partial charge in [-0.3, -0.25) is 0 Å². The zero-order valence-corrected chi connectivity index (χ0v) is 9.43. The Morgan fingerprint density at radius 1 is 1.41 bits per heavy atom. The van der Waals surface area contributed by atoms with Crippen LogP contribution in [-0.2, 0) is 4.74 Å². The van der Waals surface area contributed by atoms with E-state index >= 15 is 0 Å². The Labute approximate surface area is 100 Å². The summed E-state index contributed by atoms with van der Waals surface area (Å²) in [4.78, 5) is 11.3. The maximum absolute atomic E-state index is 12.0. The van der Waals surface area contributed by atoms with Crippen LogP contribution in [0, 0.1) is 0 Å². The van der Waals surface area contributed by atoms with E-state index in [2.05, 4.69) is 9.47 Å². The second-order valence-corrected chi connectivity index (χ2v) is 3.32. The minimum atomic E-state index is -4.86. The predicted octanol–water partition coefficient (Wildman–Crippen LogP) is 3.42. The molecule has 1 aromatic rings. The molecule has 0 aromatic heterocycles. The second kappa shape index (κ2) is 5.27. The van der Waals surface area contributed by atoms with E-state index in [1.165, 1.54) is 6.07 Å². The third-order valence-corrected chi connectivity index (χ3v) is 1.98. The standard InChI is InChI=1S/C10H8ClF3O3/c1-2-16-9(15)6-3-4-7(11)8(5-6)17-10(12,13)14/h3-5H,2H2,1H3. The zero-order chi connectivity index (χ0) is 13.1. The molecule has 0 aliphatic heterocycles. The topological polar surface area (TPSA) is 35.5 Å². The van der Waals surface area contributed by atoms with E-state index in [-0.39, 0.29) is 17.2 Å². The number of carbonyl (C=O) groups excluding carboxylic acids is 1. The van der Waals surface area contributed by atoms with Crippen molar-refractivity contribution >= 4 is 17.6 Å². The Hall–Kier alpha value is -1.43. The number of benzene rings is 1. The van der Waals surface area contributed by atoms with Crippen molar-refractivity contribution in [2.75, 3.05) is 6.61 Å². The molecule has 0 fully saturated rings. The summed E-state index contributed by atoms with van der Waals surface area (Å²) in [7, 11) is 0. The number of hydrogen-bond acceptors (Lipinski definition) is 3. The minimum absolute atomic E-state index is 0.0597. The van der Waals surface area contributed by atoms with Gasteiger partial charge in [0.25, 0.3) is 0 Å². The number of carbonyl (C=O) groups is 1. The molecule has 0 radical (unpaired) electrons. The Morgan fingerprint density at radius 3 is 2.59 bits per heavy atom. The van der Waals surface area contributed by atoms with E-state index in [0.717, 1.165) is 12.1 Å². The van der Waals surface area contributed by atoms with Crippen molar-refractivity contribution in [3.8, 4) is 5.75 Å². The van der Waals surface area contributed by atoms with Gasteiger partial charge in [-0.25, -0.2) is 4.79 Å². The first-order valence-electron chi connectivity index (χ1n) is 4.56. The molecule has 0 atom stereocenters. The summed E-state index contributed by atoms with van der Waals surface area (Å²) in [6.45, 7) is 1.71. The van der Waals surface area contributed by atoms with Crippen LogP contribution in [0.1, 0.15) is 17.3 Å². The summed E-state index contributed by atoms with van der Waals surface area (Å²) < 4.78 is 44.3. The molecule has 0 heterocycles. The fourth-order valence-corrected chi connectivity index (χ4v) is 1.20. The molecular weight excluding hydrogens is 261 g/mol. The lowest BCUT2D eigenvalue weighted by Crippen LogP contribution is -2.17. The maximum atomic E-state index is 12.0. The van der Waals surface area contributed by atoms with E-state index in [0.29, 0.717) is 0 Å². The molecule has 3 nitrogen and oxygen atoms in total. The summed E-state index contributed by atoms with van der Waals surface area (Å²) in [5.74, 6) is -1.37. The summed E-state index contributed by atoms with van der Waals surface area (Å²) in [6, 6.07) is 3.27. The zero-order valence-electron chi connectivity index (χ0n) is 8.68. The van der Waals surface area contributed by atoms with Gasteiger partial charge in [0.05, 0.1) is 17.2 Å². The van der Waals surface area contributed by atoms with Gasteiger partial charge in [-0.15, -0.1) is 13.2 Å². The Bertz CT molecular complexity index is 418. The molecular formula is C10H8ClF3O3. The Balaban J connectivity index is 2.98. The van der Waals surface area contributed by atoms with Crippen LogP contribution in [0.2, 0.25) is 5.02 Å². The van der Waals surface area contributed by atoms with Crippen molar-refractivity contribution in [3.63, 3.8) is 0 Å². The molecule has 17 heavy (non-hydrogen) atoms. The van der Waals surface area contributed by atoms with Crippen molar-refractivity contribution in [2.45, 2.75) is 13.3 Å². The molecule has 0 unspecified atom stereocenters. The highest BCUT2D eigenvalue weighted by atomic mass is 35.5. The third-order valence-electron chi connectivity index (χ3n) is 1.67. The number of hydrogen-bond donors (Lipinski definition) is 0. The molecule has 0 saturated carbocycles. The van der Waals surface area contributed by atoms with Gasteiger partial charge in [0.15, 0.2) is 0 Å². The highest BCUT2D eigenvalue weighted by Gasteiger charge is 2.32. The van der Waals surface area contributed by atoms with Crippen molar-refractivity contribution < 1.29 is 27.4 Å². The Morgan fingerprint density at radius 2 is 2.06 bits per heavy atom. The van der Waals surface area contributed by atoms with Crippen molar-refractivity contribution in [1.29, 1.82) is 0 Å². The van der Waals surface area contributed by atoms with E-state index in [1.54, 1.807) is 6.92 Å². The van der Waals surface area contributed by atoms with Gasteiger partial charge in [-0.05, 0) is 25.1 Å². The molecule has 1 rings (SSSR count). The van der Waals surface area contributed by atoms with Gasteiger partial charge in [0.1, 0.15) is 5.75 Å². The number of ether oxygens (including phenoxy) is 2. The number of halogens is 4. The molecule has 0 amide bonds. The summed E-state index contributed by atoms with van der Waals surface area (Å²) in [5, 5.41) is -0.240. The first-order valence-corrected chi connectivity index (χ1v) is 4.93. The first kappa shape index (κ1) is 13.6. The van der Waals surface area contributed by atoms with Crippen molar-refractivity contribution in [3.05, 3.63) is 28.8 Å². The molecule has 0 aliphatic rings. The van der Waals surface area contributed by atoms with Gasteiger partial charge in [-0.1, -0.05) is 11.6 Å². The molecule has 1 aromatic carbocycles. The van der Waals surface area contributed by atoms with Gasteiger partial charge < -0.3 is 9.47 Å². The number of alkyl halides is 3. The number of rotatable bonds is 3. The van der Waals surface area contributed by atoms with Crippen LogP contribution < -0.4 is 4.74 Å². The van der Waals surface area contributed by atoms with Crippen LogP contribution in [0.25, 0.3) is 0 Å². The van der Waals surface area contributed by atoms with Crippen LogP contribution in [0.15, 0.2) is 18.2 Å². The van der Waals surface area contributed by atoms with Crippen LogP contribution in [0.4, 0.5) is 13.2 Å². The molecule has 0 bridgehead atoms. The largest absolute Gasteiger partial charge is 0.573 e. The molecule has 0 spiro atoms. The lowest BCUT2D eigenvalue weighted by atomic mass is 10.2. The van der Waals surface area contributed by atoms with Gasteiger partial charge in [0.2, 0.25) is 0 Å². The molecule has 0 aliphatic carbocycles. The maximum Gasteiger partial charge on any atom is 0.573 e. The average Bonchev–Trinajstić information content (AvgIpc) is 2.19. The second-order valence-electron chi connectivity index (χ2n) is 2.91. The summed E-state index contributed by atoms with van der Waals surface area (Å²) in [5.41, 5.74) is -0.0597. The Kier molecular flexibility index (Phi) is 4.22. The van der Waals surface area contributed by atoms with Crippen LogP contribution in [-0.4, -0.2) is 18.9 Å². The van der Waals surface area contributed by atoms with Crippen LogP contribution in [0.5, 0.6) is 5.75 Å². The average molecular weight is 269 g/mol. The summed E-state index contributed by atoms with van der Waals surface area (Å²) >= 11 is 5.51. The van der Waals surface area contributed by atoms with Gasteiger partial charge >= 0.3 is 12.3 Å².